The van der Waals surface area contributed by atoms with Gasteiger partial charge in [0.05, 0.1) is 7.11 Å². The van der Waals surface area contributed by atoms with E-state index in [4.69, 9.17) is 4.74 Å². The first-order valence-corrected chi connectivity index (χ1v) is 5.56. The fraction of sp³-hybridized carbons (Fsp3) is 0.357. The third-order valence-electron chi connectivity index (χ3n) is 2.95. The summed E-state index contributed by atoms with van der Waals surface area (Å²) in [5.74, 6) is 1.38. The molecule has 0 N–H and O–H groups in total. The third kappa shape index (κ3) is 1.75. The molecular weight excluding hydrogens is 198 g/mol. The van der Waals surface area contributed by atoms with Crippen LogP contribution in [-0.4, -0.2) is 12.1 Å². The van der Waals surface area contributed by atoms with Crippen molar-refractivity contribution in [2.24, 2.45) is 0 Å². The minimum Gasteiger partial charge on any atom is -0.497 e. The van der Waals surface area contributed by atoms with Gasteiger partial charge in [0.15, 0.2) is 0 Å². The molecule has 84 valence electrons. The van der Waals surface area contributed by atoms with Gasteiger partial charge in [-0.05, 0) is 42.0 Å². The fourth-order valence-electron chi connectivity index (χ4n) is 1.97. The number of hydrogen-bond acceptors (Lipinski definition) is 2. The quantitative estimate of drug-likeness (QED) is 0.762. The zero-order valence-electron chi connectivity index (χ0n) is 10.2. The summed E-state index contributed by atoms with van der Waals surface area (Å²) in [7, 11) is 1.70. The molecule has 1 aromatic carbocycles. The van der Waals surface area contributed by atoms with Gasteiger partial charge in [0.1, 0.15) is 5.75 Å². The van der Waals surface area contributed by atoms with Crippen LogP contribution < -0.4 is 4.74 Å². The van der Waals surface area contributed by atoms with Crippen molar-refractivity contribution >= 4 is 10.8 Å². The van der Waals surface area contributed by atoms with E-state index in [9.17, 15) is 0 Å². The van der Waals surface area contributed by atoms with Crippen molar-refractivity contribution in [2.75, 3.05) is 7.11 Å². The van der Waals surface area contributed by atoms with Crippen molar-refractivity contribution in [3.05, 3.63) is 35.7 Å². The second kappa shape index (κ2) is 4.12. The van der Waals surface area contributed by atoms with Crippen LogP contribution >= 0.6 is 0 Å². The van der Waals surface area contributed by atoms with E-state index < -0.39 is 0 Å². The highest BCUT2D eigenvalue weighted by molar-refractivity contribution is 5.88. The number of fused-ring (bicyclic) bond motifs is 1. The lowest BCUT2D eigenvalue weighted by Gasteiger charge is -2.12. The average Bonchev–Trinajstić information content (AvgIpc) is 2.28. The van der Waals surface area contributed by atoms with Gasteiger partial charge in [-0.2, -0.15) is 0 Å². The number of ether oxygens (including phenoxy) is 1. The molecule has 0 radical (unpaired) electrons. The van der Waals surface area contributed by atoms with Crippen LogP contribution in [0.2, 0.25) is 0 Å². The maximum absolute atomic E-state index is 5.28. The molecule has 2 aromatic rings. The van der Waals surface area contributed by atoms with Gasteiger partial charge in [0.25, 0.3) is 0 Å². The van der Waals surface area contributed by atoms with E-state index in [0.29, 0.717) is 5.92 Å². The van der Waals surface area contributed by atoms with Crippen LogP contribution in [0.3, 0.4) is 0 Å². The van der Waals surface area contributed by atoms with Crippen molar-refractivity contribution in [3.63, 3.8) is 0 Å². The van der Waals surface area contributed by atoms with Crippen LogP contribution in [0.15, 0.2) is 24.4 Å². The Morgan fingerprint density at radius 1 is 1.19 bits per heavy atom. The summed E-state index contributed by atoms with van der Waals surface area (Å²) in [6.07, 6.45) is 1.97. The minimum atomic E-state index is 0.475. The van der Waals surface area contributed by atoms with E-state index in [1.807, 2.05) is 19.2 Å². The summed E-state index contributed by atoms with van der Waals surface area (Å²) in [6, 6.07) is 6.17. The van der Waals surface area contributed by atoms with Crippen LogP contribution in [0.25, 0.3) is 10.8 Å². The summed E-state index contributed by atoms with van der Waals surface area (Å²) in [6.45, 7) is 6.41. The number of aryl methyl sites for hydroxylation is 1. The number of hydrogen-bond donors (Lipinski definition) is 0. The predicted molar refractivity (Wildman–Crippen MR) is 67.1 cm³/mol. The SMILES string of the molecule is COc1ccc2c(C)ncc(C(C)C)c2c1. The molecule has 0 aliphatic carbocycles. The van der Waals surface area contributed by atoms with E-state index in [1.54, 1.807) is 7.11 Å². The Bertz CT molecular complexity index is 517. The molecule has 0 aliphatic heterocycles. The Morgan fingerprint density at radius 2 is 1.94 bits per heavy atom. The molecule has 0 aliphatic rings. The highest BCUT2D eigenvalue weighted by atomic mass is 16.5. The molecule has 1 heterocycles. The molecule has 2 rings (SSSR count). The summed E-state index contributed by atoms with van der Waals surface area (Å²) >= 11 is 0. The second-order valence-corrected chi connectivity index (χ2v) is 4.37. The Hall–Kier alpha value is -1.57. The molecule has 0 spiro atoms. The molecule has 2 nitrogen and oxygen atoms in total. The van der Waals surface area contributed by atoms with E-state index in [2.05, 4.69) is 31.0 Å². The van der Waals surface area contributed by atoms with Crippen molar-refractivity contribution in [1.82, 2.24) is 4.98 Å². The molecule has 1 aromatic heterocycles. The Kier molecular flexibility index (Phi) is 2.82. The number of benzene rings is 1. The molecule has 0 unspecified atom stereocenters. The Morgan fingerprint density at radius 3 is 2.56 bits per heavy atom. The highest BCUT2D eigenvalue weighted by Crippen LogP contribution is 2.29. The summed E-state index contributed by atoms with van der Waals surface area (Å²) in [5, 5.41) is 2.47. The van der Waals surface area contributed by atoms with Crippen molar-refractivity contribution in [3.8, 4) is 5.75 Å². The topological polar surface area (TPSA) is 22.1 Å². The first kappa shape index (κ1) is 10.9. The predicted octanol–water partition coefficient (Wildman–Crippen LogP) is 3.68. The van der Waals surface area contributed by atoms with Gasteiger partial charge >= 0.3 is 0 Å². The lowest BCUT2D eigenvalue weighted by molar-refractivity contribution is 0.415. The Labute approximate surface area is 96.3 Å². The van der Waals surface area contributed by atoms with E-state index in [0.717, 1.165) is 11.4 Å². The third-order valence-corrected chi connectivity index (χ3v) is 2.95. The van der Waals surface area contributed by atoms with Crippen molar-refractivity contribution in [2.45, 2.75) is 26.7 Å². The molecular formula is C14H17NO. The molecule has 16 heavy (non-hydrogen) atoms. The lowest BCUT2D eigenvalue weighted by atomic mass is 9.97. The van der Waals surface area contributed by atoms with E-state index in [1.165, 1.54) is 16.3 Å². The monoisotopic (exact) mass is 215 g/mol. The molecule has 0 saturated heterocycles. The van der Waals surface area contributed by atoms with Crippen LogP contribution in [-0.2, 0) is 0 Å². The van der Waals surface area contributed by atoms with Crippen LogP contribution in [0, 0.1) is 6.92 Å². The van der Waals surface area contributed by atoms with Crippen molar-refractivity contribution < 1.29 is 4.74 Å². The van der Waals surface area contributed by atoms with Gasteiger partial charge in [0.2, 0.25) is 0 Å². The Balaban J connectivity index is 2.77. The van der Waals surface area contributed by atoms with Crippen LogP contribution in [0.1, 0.15) is 31.0 Å². The summed E-state index contributed by atoms with van der Waals surface area (Å²) in [5.41, 5.74) is 2.35. The first-order valence-electron chi connectivity index (χ1n) is 5.56. The van der Waals surface area contributed by atoms with Gasteiger partial charge in [-0.1, -0.05) is 13.8 Å². The first-order chi connectivity index (χ1) is 7.63. The molecule has 0 atom stereocenters. The van der Waals surface area contributed by atoms with Gasteiger partial charge in [0, 0.05) is 17.3 Å². The molecule has 0 fully saturated rings. The molecule has 2 heteroatoms. The zero-order chi connectivity index (χ0) is 11.7. The van der Waals surface area contributed by atoms with E-state index in [-0.39, 0.29) is 0 Å². The molecule has 0 saturated carbocycles. The van der Waals surface area contributed by atoms with Gasteiger partial charge < -0.3 is 4.74 Å². The maximum Gasteiger partial charge on any atom is 0.119 e. The second-order valence-electron chi connectivity index (χ2n) is 4.37. The fourth-order valence-corrected chi connectivity index (χ4v) is 1.97. The van der Waals surface area contributed by atoms with Crippen LogP contribution in [0.4, 0.5) is 0 Å². The number of methoxy groups -OCH3 is 1. The largest absolute Gasteiger partial charge is 0.497 e. The zero-order valence-corrected chi connectivity index (χ0v) is 10.2. The van der Waals surface area contributed by atoms with Gasteiger partial charge in [-0.3, -0.25) is 4.98 Å². The maximum atomic E-state index is 5.28. The minimum absolute atomic E-state index is 0.475. The normalized spacial score (nSPS) is 11.1. The lowest BCUT2D eigenvalue weighted by Crippen LogP contribution is -1.95. The highest BCUT2D eigenvalue weighted by Gasteiger charge is 2.08. The number of nitrogens with zero attached hydrogens (tertiary/aromatic N) is 1. The number of pyridine rings is 1. The van der Waals surface area contributed by atoms with Gasteiger partial charge in [-0.15, -0.1) is 0 Å². The van der Waals surface area contributed by atoms with Crippen molar-refractivity contribution in [1.29, 1.82) is 0 Å². The summed E-state index contributed by atoms with van der Waals surface area (Å²) in [4.78, 5) is 4.44. The smallest absolute Gasteiger partial charge is 0.119 e. The standard InChI is InChI=1S/C14H17NO/c1-9(2)14-8-15-10(3)12-6-5-11(16-4)7-13(12)14/h5-9H,1-4H3. The summed E-state index contributed by atoms with van der Waals surface area (Å²) < 4.78 is 5.28. The van der Waals surface area contributed by atoms with Gasteiger partial charge in [-0.25, -0.2) is 0 Å². The molecule has 0 amide bonds. The average molecular weight is 215 g/mol. The van der Waals surface area contributed by atoms with Crippen LogP contribution in [0.5, 0.6) is 5.75 Å². The van der Waals surface area contributed by atoms with E-state index >= 15 is 0 Å². The number of aromatic nitrogens is 1. The molecule has 0 bridgehead atoms. The number of rotatable bonds is 2.